The van der Waals surface area contributed by atoms with E-state index < -0.39 is 0 Å². The Balaban J connectivity index is 2.02. The van der Waals surface area contributed by atoms with E-state index in [0.29, 0.717) is 5.25 Å². The molecule has 0 amide bonds. The van der Waals surface area contributed by atoms with E-state index in [4.69, 9.17) is 4.74 Å². The molecule has 1 spiro atoms. The highest BCUT2D eigenvalue weighted by molar-refractivity contribution is 7.99. The highest BCUT2D eigenvalue weighted by Crippen LogP contribution is 2.38. The molecule has 1 aliphatic heterocycles. The van der Waals surface area contributed by atoms with Crippen LogP contribution in [0.25, 0.3) is 0 Å². The highest BCUT2D eigenvalue weighted by atomic mass is 32.2. The summed E-state index contributed by atoms with van der Waals surface area (Å²) >= 11 is 2.07. The SMILES string of the molecule is CCSC1CCCCC12NCCCO2. The predicted octanol–water partition coefficient (Wildman–Crippen LogP) is 2.39. The summed E-state index contributed by atoms with van der Waals surface area (Å²) in [6.07, 6.45) is 6.42. The summed E-state index contributed by atoms with van der Waals surface area (Å²) in [5.41, 5.74) is 0.0389. The van der Waals surface area contributed by atoms with Crippen LogP contribution in [0.1, 0.15) is 39.0 Å². The van der Waals surface area contributed by atoms with E-state index in [0.717, 1.165) is 13.2 Å². The van der Waals surface area contributed by atoms with Gasteiger partial charge < -0.3 is 4.74 Å². The van der Waals surface area contributed by atoms with Gasteiger partial charge in [-0.25, -0.2) is 0 Å². The fraction of sp³-hybridized carbons (Fsp3) is 1.00. The third kappa shape index (κ3) is 2.10. The lowest BCUT2D eigenvalue weighted by Gasteiger charge is -2.46. The third-order valence-electron chi connectivity index (χ3n) is 3.26. The van der Waals surface area contributed by atoms with Crippen molar-refractivity contribution in [3.8, 4) is 0 Å². The van der Waals surface area contributed by atoms with E-state index >= 15 is 0 Å². The van der Waals surface area contributed by atoms with Crippen molar-refractivity contribution in [1.29, 1.82) is 0 Å². The maximum absolute atomic E-state index is 6.04. The summed E-state index contributed by atoms with van der Waals surface area (Å²) in [5, 5.41) is 4.31. The molecular weight excluding hydrogens is 194 g/mol. The minimum absolute atomic E-state index is 0.0389. The van der Waals surface area contributed by atoms with E-state index in [2.05, 4.69) is 24.0 Å². The Morgan fingerprint density at radius 1 is 1.43 bits per heavy atom. The molecule has 14 heavy (non-hydrogen) atoms. The predicted molar refractivity (Wildman–Crippen MR) is 61.7 cm³/mol. The smallest absolute Gasteiger partial charge is 0.131 e. The Bertz CT molecular complexity index is 170. The number of hydrogen-bond acceptors (Lipinski definition) is 3. The van der Waals surface area contributed by atoms with Gasteiger partial charge in [0.2, 0.25) is 0 Å². The second-order valence-corrected chi connectivity index (χ2v) is 5.69. The first kappa shape index (κ1) is 10.8. The maximum atomic E-state index is 6.04. The molecule has 0 aromatic rings. The lowest BCUT2D eigenvalue weighted by atomic mass is 9.90. The van der Waals surface area contributed by atoms with Crippen molar-refractivity contribution in [3.63, 3.8) is 0 Å². The fourth-order valence-corrected chi connectivity index (χ4v) is 3.85. The molecular formula is C11H21NOS. The zero-order valence-electron chi connectivity index (χ0n) is 9.05. The van der Waals surface area contributed by atoms with Gasteiger partial charge in [0.15, 0.2) is 0 Å². The fourth-order valence-electron chi connectivity index (χ4n) is 2.58. The van der Waals surface area contributed by atoms with E-state index in [1.807, 2.05) is 0 Å². The van der Waals surface area contributed by atoms with E-state index in [1.54, 1.807) is 0 Å². The van der Waals surface area contributed by atoms with E-state index in [1.165, 1.54) is 37.9 Å². The Hall–Kier alpha value is 0.270. The molecule has 1 heterocycles. The summed E-state index contributed by atoms with van der Waals surface area (Å²) in [6.45, 7) is 4.34. The molecule has 1 N–H and O–H groups in total. The van der Waals surface area contributed by atoms with Crippen molar-refractivity contribution >= 4 is 11.8 Å². The third-order valence-corrected chi connectivity index (χ3v) is 4.61. The molecule has 0 radical (unpaired) electrons. The monoisotopic (exact) mass is 215 g/mol. The van der Waals surface area contributed by atoms with Crippen molar-refractivity contribution in [2.24, 2.45) is 0 Å². The average Bonchev–Trinajstić information content (AvgIpc) is 2.23. The van der Waals surface area contributed by atoms with Gasteiger partial charge in [0, 0.05) is 5.25 Å². The zero-order chi connectivity index (χ0) is 9.86. The largest absolute Gasteiger partial charge is 0.359 e. The molecule has 0 bridgehead atoms. The molecule has 2 nitrogen and oxygen atoms in total. The van der Waals surface area contributed by atoms with Gasteiger partial charge in [-0.2, -0.15) is 11.8 Å². The van der Waals surface area contributed by atoms with Gasteiger partial charge in [0.1, 0.15) is 5.72 Å². The van der Waals surface area contributed by atoms with Crippen molar-refractivity contribution < 1.29 is 4.74 Å². The summed E-state index contributed by atoms with van der Waals surface area (Å²) in [6, 6.07) is 0. The number of nitrogens with one attached hydrogen (secondary N) is 1. The Morgan fingerprint density at radius 2 is 2.36 bits per heavy atom. The van der Waals surface area contributed by atoms with Crippen molar-refractivity contribution in [2.45, 2.75) is 50.0 Å². The van der Waals surface area contributed by atoms with Gasteiger partial charge in [-0.15, -0.1) is 0 Å². The first-order valence-electron chi connectivity index (χ1n) is 5.88. The van der Waals surface area contributed by atoms with Crippen LogP contribution in [0.5, 0.6) is 0 Å². The second-order valence-electron chi connectivity index (χ2n) is 4.21. The molecule has 1 saturated carbocycles. The average molecular weight is 215 g/mol. The van der Waals surface area contributed by atoms with E-state index in [-0.39, 0.29) is 5.72 Å². The quantitative estimate of drug-likeness (QED) is 0.764. The molecule has 3 heteroatoms. The van der Waals surface area contributed by atoms with Gasteiger partial charge in [-0.3, -0.25) is 5.32 Å². The molecule has 0 aromatic carbocycles. The maximum Gasteiger partial charge on any atom is 0.131 e. The molecule has 0 aromatic heterocycles. The number of ether oxygens (including phenoxy) is 1. The van der Waals surface area contributed by atoms with Gasteiger partial charge in [0.05, 0.1) is 6.61 Å². The molecule has 1 saturated heterocycles. The van der Waals surface area contributed by atoms with Crippen LogP contribution in [0.3, 0.4) is 0 Å². The number of rotatable bonds is 2. The minimum atomic E-state index is 0.0389. The van der Waals surface area contributed by atoms with Crippen LogP contribution in [0.4, 0.5) is 0 Å². The standard InChI is InChI=1S/C11H21NOS/c1-2-14-10-6-3-4-7-11(10)12-8-5-9-13-11/h10,12H,2-9H2,1H3. The van der Waals surface area contributed by atoms with Crippen molar-refractivity contribution in [3.05, 3.63) is 0 Å². The molecule has 2 fully saturated rings. The molecule has 2 rings (SSSR count). The Labute approximate surface area is 91.2 Å². The molecule has 2 aliphatic rings. The summed E-state index contributed by atoms with van der Waals surface area (Å²) in [5.74, 6) is 1.21. The van der Waals surface area contributed by atoms with Gasteiger partial charge in [-0.05, 0) is 38.0 Å². The topological polar surface area (TPSA) is 21.3 Å². The molecule has 2 unspecified atom stereocenters. The van der Waals surface area contributed by atoms with Crippen LogP contribution in [0.2, 0.25) is 0 Å². The molecule has 82 valence electrons. The van der Waals surface area contributed by atoms with Crippen LogP contribution in [-0.4, -0.2) is 29.9 Å². The zero-order valence-corrected chi connectivity index (χ0v) is 9.87. The molecule has 1 aliphatic carbocycles. The van der Waals surface area contributed by atoms with Gasteiger partial charge in [-0.1, -0.05) is 13.3 Å². The van der Waals surface area contributed by atoms with E-state index in [9.17, 15) is 0 Å². The van der Waals surface area contributed by atoms with Crippen LogP contribution < -0.4 is 5.32 Å². The van der Waals surface area contributed by atoms with Gasteiger partial charge >= 0.3 is 0 Å². The second kappa shape index (κ2) is 4.86. The Kier molecular flexibility index (Phi) is 3.74. The normalized spacial score (nSPS) is 38.8. The Morgan fingerprint density at radius 3 is 3.07 bits per heavy atom. The van der Waals surface area contributed by atoms with Crippen LogP contribution >= 0.6 is 11.8 Å². The number of thioether (sulfide) groups is 1. The van der Waals surface area contributed by atoms with Crippen molar-refractivity contribution in [1.82, 2.24) is 5.32 Å². The van der Waals surface area contributed by atoms with Crippen LogP contribution in [0.15, 0.2) is 0 Å². The summed E-state index contributed by atoms with van der Waals surface area (Å²) < 4.78 is 6.04. The lowest BCUT2D eigenvalue weighted by molar-refractivity contribution is -0.111. The first-order chi connectivity index (χ1) is 6.87. The molecule has 2 atom stereocenters. The van der Waals surface area contributed by atoms with Crippen LogP contribution in [-0.2, 0) is 4.74 Å². The number of hydrogen-bond donors (Lipinski definition) is 1. The first-order valence-corrected chi connectivity index (χ1v) is 6.93. The lowest BCUT2D eigenvalue weighted by Crippen LogP contribution is -2.59. The van der Waals surface area contributed by atoms with Crippen molar-refractivity contribution in [2.75, 3.05) is 18.9 Å². The minimum Gasteiger partial charge on any atom is -0.359 e. The summed E-state index contributed by atoms with van der Waals surface area (Å²) in [4.78, 5) is 0. The summed E-state index contributed by atoms with van der Waals surface area (Å²) in [7, 11) is 0. The highest BCUT2D eigenvalue weighted by Gasteiger charge is 2.42. The van der Waals surface area contributed by atoms with Gasteiger partial charge in [0.25, 0.3) is 0 Å². The van der Waals surface area contributed by atoms with Crippen LogP contribution in [0, 0.1) is 0 Å².